The van der Waals surface area contributed by atoms with Gasteiger partial charge in [-0.2, -0.15) is 0 Å². The number of aliphatic carboxylic acids is 1. The van der Waals surface area contributed by atoms with E-state index >= 15 is 0 Å². The molecule has 3 fully saturated rings. The summed E-state index contributed by atoms with van der Waals surface area (Å²) in [6.07, 6.45) is 30.3. The Bertz CT molecular complexity index is 2030. The van der Waals surface area contributed by atoms with Gasteiger partial charge in [0.1, 0.15) is 67.1 Å². The van der Waals surface area contributed by atoms with Gasteiger partial charge in [-0.05, 0) is 19.3 Å². The molecule has 18 unspecified atom stereocenters. The summed E-state index contributed by atoms with van der Waals surface area (Å²) in [5, 5.41) is 136. The molecule has 0 aromatic rings. The smallest absolute Gasteiger partial charge is 0.364 e. The van der Waals surface area contributed by atoms with Crippen LogP contribution < -0.4 is 10.6 Å². The zero-order valence-corrected chi connectivity index (χ0v) is 61.4. The summed E-state index contributed by atoms with van der Waals surface area (Å²) in [4.78, 5) is 38.5. The van der Waals surface area contributed by atoms with Gasteiger partial charge in [0.05, 0.1) is 50.7 Å². The standard InChI is InChI=1S/C76H142N2O21/c1-4-6-8-10-12-14-16-17-18-19-20-21-22-23-24-25-26-27-28-29-30-31-32-33-34-35-36-37-38-39-40-42-44-46-48-50-63(86)78-57(58(83)49-47-45-43-41-15-13-11-9-7-5-2)55-94-73-68(90)67(89)70(62(54-81)96-73)97-74-69(91)72(66(88)61(53-80)95-74)99-76(75(92)93)51-59(84)64(77-56(3)82)71(98-76)65(87)60(85)52-79/h47,49,57-62,64-74,79-81,83-85,87-91H,4-46,48,50-55H2,1-3H3,(H,77,82)(H,78,86)(H,92,93)/b49-47+. The van der Waals surface area contributed by atoms with E-state index in [0.29, 0.717) is 12.8 Å². The molecule has 0 radical (unpaired) electrons. The van der Waals surface area contributed by atoms with Gasteiger partial charge < -0.3 is 100 Å². The Labute approximate surface area is 594 Å². The maximum absolute atomic E-state index is 13.5. The van der Waals surface area contributed by atoms with E-state index in [1.54, 1.807) is 6.08 Å². The molecule has 0 aromatic heterocycles. The monoisotopic (exact) mass is 1420 g/mol. The topological polar surface area (TPSA) is 373 Å². The first-order valence-corrected chi connectivity index (χ1v) is 39.6. The lowest BCUT2D eigenvalue weighted by Gasteiger charge is -2.50. The first-order chi connectivity index (χ1) is 47.9. The lowest BCUT2D eigenvalue weighted by atomic mass is 9.88. The van der Waals surface area contributed by atoms with E-state index in [1.807, 2.05) is 6.08 Å². The van der Waals surface area contributed by atoms with Crippen LogP contribution in [-0.4, -0.2) is 215 Å². The predicted molar refractivity (Wildman–Crippen MR) is 380 cm³/mol. The molecule has 3 saturated heterocycles. The van der Waals surface area contributed by atoms with E-state index in [2.05, 4.69) is 24.5 Å². The zero-order chi connectivity index (χ0) is 72.5. The minimum atomic E-state index is -3.08. The van der Waals surface area contributed by atoms with Crippen LogP contribution in [0.15, 0.2) is 12.2 Å². The van der Waals surface area contributed by atoms with Crippen LogP contribution in [0.2, 0.25) is 0 Å². The third-order valence-electron chi connectivity index (χ3n) is 20.2. The molecule has 14 N–H and O–H groups in total. The molecule has 2 amide bonds. The molecule has 0 bridgehead atoms. The number of unbranched alkanes of at least 4 members (excludes halogenated alkanes) is 42. The van der Waals surface area contributed by atoms with Crippen LogP contribution in [-0.2, 0) is 42.8 Å². The maximum atomic E-state index is 13.5. The fourth-order valence-electron chi connectivity index (χ4n) is 13.9. The van der Waals surface area contributed by atoms with Crippen LogP contribution in [0.4, 0.5) is 0 Å². The second-order valence-electron chi connectivity index (χ2n) is 28.9. The number of carbonyl (C=O) groups excluding carboxylic acids is 2. The lowest BCUT2D eigenvalue weighted by molar-refractivity contribution is -0.386. The van der Waals surface area contributed by atoms with Crippen molar-refractivity contribution in [3.63, 3.8) is 0 Å². The summed E-state index contributed by atoms with van der Waals surface area (Å²) in [5.41, 5.74) is 0. The minimum absolute atomic E-state index is 0.205. The average molecular weight is 1420 g/mol. The van der Waals surface area contributed by atoms with Gasteiger partial charge in [0.25, 0.3) is 5.79 Å². The Kier molecular flexibility index (Phi) is 51.2. The summed E-state index contributed by atoms with van der Waals surface area (Å²) in [6, 6.07) is -2.61. The molecule has 3 aliphatic heterocycles. The number of carbonyl (C=O) groups is 3. The second-order valence-corrected chi connectivity index (χ2v) is 28.9. The molecule has 3 aliphatic rings. The van der Waals surface area contributed by atoms with Crippen molar-refractivity contribution in [3.05, 3.63) is 12.2 Å². The van der Waals surface area contributed by atoms with E-state index < -0.39 is 155 Å². The predicted octanol–water partition coefficient (Wildman–Crippen LogP) is 9.80. The lowest BCUT2D eigenvalue weighted by Crippen LogP contribution is -2.70. The highest BCUT2D eigenvalue weighted by Crippen LogP contribution is 2.39. The van der Waals surface area contributed by atoms with Gasteiger partial charge in [0.15, 0.2) is 12.6 Å². The number of aliphatic hydroxyl groups is 11. The Morgan fingerprint density at radius 2 is 0.939 bits per heavy atom. The highest BCUT2D eigenvalue weighted by Gasteiger charge is 2.60. The molecular formula is C76H142N2O21. The quantitative estimate of drug-likeness (QED) is 0.0199. The molecule has 3 heterocycles. The number of hydrogen-bond donors (Lipinski definition) is 14. The molecule has 3 rings (SSSR count). The van der Waals surface area contributed by atoms with Gasteiger partial charge in [0.2, 0.25) is 11.8 Å². The molecular weight excluding hydrogens is 1280 g/mol. The second kappa shape index (κ2) is 55.9. The number of carboxylic acids is 1. The first-order valence-electron chi connectivity index (χ1n) is 39.6. The van der Waals surface area contributed by atoms with Gasteiger partial charge in [-0.3, -0.25) is 9.59 Å². The highest BCUT2D eigenvalue weighted by atomic mass is 16.8. The Morgan fingerprint density at radius 3 is 1.34 bits per heavy atom. The molecule has 0 saturated carbocycles. The maximum Gasteiger partial charge on any atom is 0.364 e. The Morgan fingerprint density at radius 1 is 0.525 bits per heavy atom. The molecule has 0 aliphatic carbocycles. The molecule has 23 heteroatoms. The van der Waals surface area contributed by atoms with E-state index in [4.69, 9.17) is 28.4 Å². The minimum Gasteiger partial charge on any atom is -0.477 e. The largest absolute Gasteiger partial charge is 0.477 e. The molecule has 23 nitrogen and oxygen atoms in total. The van der Waals surface area contributed by atoms with Crippen molar-refractivity contribution in [1.29, 1.82) is 0 Å². The van der Waals surface area contributed by atoms with Crippen LogP contribution in [0, 0.1) is 0 Å². The summed E-state index contributed by atoms with van der Waals surface area (Å²) < 4.78 is 34.8. The van der Waals surface area contributed by atoms with E-state index in [0.717, 1.165) is 51.9 Å². The van der Waals surface area contributed by atoms with Gasteiger partial charge in [-0.1, -0.05) is 289 Å². The van der Waals surface area contributed by atoms with Gasteiger partial charge in [0, 0.05) is 19.8 Å². The normalized spacial score (nSPS) is 27.1. The van der Waals surface area contributed by atoms with Crippen LogP contribution in [0.1, 0.15) is 316 Å². The molecule has 0 spiro atoms. The van der Waals surface area contributed by atoms with Gasteiger partial charge in [-0.25, -0.2) is 4.79 Å². The fraction of sp³-hybridized carbons (Fsp3) is 0.934. The fourth-order valence-corrected chi connectivity index (χ4v) is 13.9. The first kappa shape index (κ1) is 90.7. The van der Waals surface area contributed by atoms with Crippen LogP contribution in [0.3, 0.4) is 0 Å². The van der Waals surface area contributed by atoms with Gasteiger partial charge >= 0.3 is 5.97 Å². The number of allylic oxidation sites excluding steroid dienone is 1. The van der Waals surface area contributed by atoms with Crippen molar-refractivity contribution in [1.82, 2.24) is 10.6 Å². The van der Waals surface area contributed by atoms with Crippen molar-refractivity contribution >= 4 is 17.8 Å². The number of amides is 2. The van der Waals surface area contributed by atoms with Crippen molar-refractivity contribution in [2.45, 2.75) is 426 Å². The molecule has 582 valence electrons. The molecule has 0 aromatic carbocycles. The number of hydrogen-bond acceptors (Lipinski definition) is 20. The summed E-state index contributed by atoms with van der Waals surface area (Å²) >= 11 is 0. The van der Waals surface area contributed by atoms with Crippen molar-refractivity contribution in [3.8, 4) is 0 Å². The van der Waals surface area contributed by atoms with Crippen LogP contribution in [0.5, 0.6) is 0 Å². The Balaban J connectivity index is 1.40. The van der Waals surface area contributed by atoms with Crippen LogP contribution in [0.25, 0.3) is 0 Å². The van der Waals surface area contributed by atoms with Crippen LogP contribution >= 0.6 is 0 Å². The summed E-state index contributed by atoms with van der Waals surface area (Å²) in [7, 11) is 0. The number of nitrogens with one attached hydrogen (secondary N) is 2. The van der Waals surface area contributed by atoms with Crippen molar-refractivity contribution in [2.24, 2.45) is 0 Å². The zero-order valence-electron chi connectivity index (χ0n) is 61.4. The molecule has 18 atom stereocenters. The molecule has 99 heavy (non-hydrogen) atoms. The SMILES string of the molecule is CCCCCCCCCC/C=C/C(O)C(COC1OC(CO)C(OC2OC(CO)C(O)C(OC3(C(=O)O)CC(O)C(NC(C)=O)C(C(O)C(O)CO)O3)C2O)C(O)C1O)NC(=O)CCCCCCCCCCCCCCCCCCCCCCCCCCCCCCCCCCCCC. The number of carboxylic acid groups (broad SMARTS) is 1. The van der Waals surface area contributed by atoms with E-state index in [1.165, 1.54) is 225 Å². The van der Waals surface area contributed by atoms with E-state index in [-0.39, 0.29) is 12.3 Å². The third-order valence-corrected chi connectivity index (χ3v) is 20.2. The number of aliphatic hydroxyl groups excluding tert-OH is 11. The van der Waals surface area contributed by atoms with Crippen molar-refractivity contribution < 1.29 is 104 Å². The summed E-state index contributed by atoms with van der Waals surface area (Å²) in [5.74, 6) is -6.13. The Hall–Kier alpha value is -2.53. The van der Waals surface area contributed by atoms with Crippen molar-refractivity contribution in [2.75, 3.05) is 26.4 Å². The summed E-state index contributed by atoms with van der Waals surface area (Å²) in [6.45, 7) is 2.13. The number of ether oxygens (including phenoxy) is 6. The highest BCUT2D eigenvalue weighted by molar-refractivity contribution is 5.77. The third kappa shape index (κ3) is 36.8. The van der Waals surface area contributed by atoms with Gasteiger partial charge in [-0.15, -0.1) is 0 Å². The average Bonchev–Trinajstić information content (AvgIpc) is 0.755. The van der Waals surface area contributed by atoms with E-state index in [9.17, 15) is 75.7 Å². The number of rotatable bonds is 62.